The summed E-state index contributed by atoms with van der Waals surface area (Å²) >= 11 is 11.3. The van der Waals surface area contributed by atoms with Crippen LogP contribution in [0.3, 0.4) is 0 Å². The van der Waals surface area contributed by atoms with Gasteiger partial charge < -0.3 is 4.74 Å². The van der Waals surface area contributed by atoms with Crippen LogP contribution in [-0.4, -0.2) is 15.5 Å². The molecule has 0 unspecified atom stereocenters. The van der Waals surface area contributed by atoms with Crippen molar-refractivity contribution in [3.63, 3.8) is 0 Å². The second-order valence-electron chi connectivity index (χ2n) is 2.32. The molecule has 0 aliphatic rings. The van der Waals surface area contributed by atoms with E-state index < -0.39 is 5.97 Å². The Morgan fingerprint density at radius 2 is 2.36 bits per heavy atom. The molecule has 14 heavy (non-hydrogen) atoms. The number of carbonyl (C=O) groups excluding carboxylic acids is 1. The van der Waals surface area contributed by atoms with Gasteiger partial charge in [-0.15, -0.1) is 0 Å². The Balaban J connectivity index is 2.95. The lowest BCUT2D eigenvalue weighted by molar-refractivity contribution is -0.144. The van der Waals surface area contributed by atoms with Gasteiger partial charge in [0.25, 0.3) is 0 Å². The van der Waals surface area contributed by atoms with Crippen LogP contribution in [0.2, 0.25) is 10.3 Å². The lowest BCUT2D eigenvalue weighted by Gasteiger charge is -2.04. The largest absolute Gasteiger partial charge is 0.444 e. The summed E-state index contributed by atoms with van der Waals surface area (Å²) in [4.78, 5) is 14.2. The third kappa shape index (κ3) is 2.16. The fraction of sp³-hybridized carbons (Fsp3) is 0.286. The number of nitrogens with zero attached hydrogens (tertiary/aromatic N) is 3. The standard InChI is InChI=1S/C7H5Cl2N3O2/c1-4(13)14-3-12-5(2-10)11-6(8)7(12)9/h3H2,1H3. The predicted octanol–water partition coefficient (Wildman–Crippen LogP) is 1.58. The molecule has 1 heterocycles. The number of carbonyl (C=O) groups is 1. The van der Waals surface area contributed by atoms with Crippen LogP contribution >= 0.6 is 23.2 Å². The van der Waals surface area contributed by atoms with E-state index in [0.717, 1.165) is 0 Å². The van der Waals surface area contributed by atoms with Gasteiger partial charge in [0.05, 0.1) is 0 Å². The highest BCUT2D eigenvalue weighted by atomic mass is 35.5. The van der Waals surface area contributed by atoms with E-state index in [0.29, 0.717) is 0 Å². The zero-order chi connectivity index (χ0) is 10.7. The maximum atomic E-state index is 10.5. The summed E-state index contributed by atoms with van der Waals surface area (Å²) in [6, 6.07) is 1.77. The summed E-state index contributed by atoms with van der Waals surface area (Å²) < 4.78 is 5.85. The highest BCUT2D eigenvalue weighted by molar-refractivity contribution is 6.40. The molecule has 0 bridgehead atoms. The Labute approximate surface area is 89.8 Å². The fourth-order valence-corrected chi connectivity index (χ4v) is 1.12. The molecule has 0 saturated carbocycles. The first-order valence-corrected chi connectivity index (χ1v) is 4.27. The van der Waals surface area contributed by atoms with E-state index in [4.69, 9.17) is 28.5 Å². The number of rotatable bonds is 2. The van der Waals surface area contributed by atoms with E-state index in [1.807, 2.05) is 0 Å². The summed E-state index contributed by atoms with van der Waals surface area (Å²) in [5.74, 6) is -0.476. The topological polar surface area (TPSA) is 67.9 Å². The number of hydrogen-bond donors (Lipinski definition) is 0. The van der Waals surface area contributed by atoms with Gasteiger partial charge >= 0.3 is 5.97 Å². The van der Waals surface area contributed by atoms with Crippen LogP contribution < -0.4 is 0 Å². The molecule has 1 aromatic rings. The Morgan fingerprint density at radius 3 is 2.86 bits per heavy atom. The van der Waals surface area contributed by atoms with Crippen LogP contribution in [0.25, 0.3) is 0 Å². The quantitative estimate of drug-likeness (QED) is 0.728. The van der Waals surface area contributed by atoms with Crippen LogP contribution in [0.5, 0.6) is 0 Å². The van der Waals surface area contributed by atoms with Gasteiger partial charge in [-0.25, -0.2) is 4.98 Å². The molecule has 0 aliphatic carbocycles. The normalized spacial score (nSPS) is 9.57. The molecule has 7 heteroatoms. The van der Waals surface area contributed by atoms with Crippen LogP contribution in [0, 0.1) is 11.3 Å². The molecule has 0 atom stereocenters. The Bertz CT molecular complexity index is 408. The van der Waals surface area contributed by atoms with Gasteiger partial charge in [-0.2, -0.15) is 5.26 Å². The Hall–Kier alpha value is -1.25. The number of aromatic nitrogens is 2. The van der Waals surface area contributed by atoms with Gasteiger partial charge in [0.1, 0.15) is 6.07 Å². The smallest absolute Gasteiger partial charge is 0.304 e. The van der Waals surface area contributed by atoms with Gasteiger partial charge in [-0.3, -0.25) is 9.36 Å². The van der Waals surface area contributed by atoms with E-state index in [1.165, 1.54) is 11.5 Å². The molecule has 0 N–H and O–H groups in total. The first kappa shape index (κ1) is 10.8. The van der Waals surface area contributed by atoms with Crippen molar-refractivity contribution < 1.29 is 9.53 Å². The molecule has 0 aromatic carbocycles. The molecule has 5 nitrogen and oxygen atoms in total. The van der Waals surface area contributed by atoms with Crippen molar-refractivity contribution >= 4 is 29.2 Å². The van der Waals surface area contributed by atoms with E-state index in [2.05, 4.69) is 9.72 Å². The van der Waals surface area contributed by atoms with Crippen molar-refractivity contribution in [2.75, 3.05) is 0 Å². The number of hydrogen-bond acceptors (Lipinski definition) is 4. The molecule has 0 amide bonds. The van der Waals surface area contributed by atoms with Crippen LogP contribution in [0.4, 0.5) is 0 Å². The molecule has 0 saturated heterocycles. The zero-order valence-corrected chi connectivity index (χ0v) is 8.63. The van der Waals surface area contributed by atoms with Crippen LogP contribution in [-0.2, 0) is 16.3 Å². The first-order valence-electron chi connectivity index (χ1n) is 3.51. The molecule has 1 rings (SSSR count). The summed E-state index contributed by atoms with van der Waals surface area (Å²) in [6.45, 7) is 1.08. The van der Waals surface area contributed by atoms with Gasteiger partial charge in [0.2, 0.25) is 5.82 Å². The predicted molar refractivity (Wildman–Crippen MR) is 48.7 cm³/mol. The van der Waals surface area contributed by atoms with Gasteiger partial charge in [0, 0.05) is 6.92 Å². The molecule has 1 aromatic heterocycles. The van der Waals surface area contributed by atoms with E-state index in [1.54, 1.807) is 6.07 Å². The molecule has 0 aliphatic heterocycles. The average molecular weight is 234 g/mol. The van der Waals surface area contributed by atoms with E-state index in [-0.39, 0.29) is 22.9 Å². The van der Waals surface area contributed by atoms with Crippen molar-refractivity contribution in [1.82, 2.24) is 9.55 Å². The molecule has 0 spiro atoms. The summed E-state index contributed by atoms with van der Waals surface area (Å²) in [5, 5.41) is 8.71. The summed E-state index contributed by atoms with van der Waals surface area (Å²) in [5.41, 5.74) is 0. The third-order valence-electron chi connectivity index (χ3n) is 1.36. The first-order chi connectivity index (χ1) is 6.56. The number of imidazole rings is 1. The van der Waals surface area contributed by atoms with Crippen molar-refractivity contribution in [1.29, 1.82) is 5.26 Å². The highest BCUT2D eigenvalue weighted by Gasteiger charge is 2.13. The van der Waals surface area contributed by atoms with Crippen molar-refractivity contribution in [3.8, 4) is 6.07 Å². The zero-order valence-electron chi connectivity index (χ0n) is 7.12. The van der Waals surface area contributed by atoms with E-state index in [9.17, 15) is 4.79 Å². The monoisotopic (exact) mass is 233 g/mol. The lowest BCUT2D eigenvalue weighted by Crippen LogP contribution is -2.08. The van der Waals surface area contributed by atoms with Crippen molar-refractivity contribution in [2.45, 2.75) is 13.7 Å². The number of ether oxygens (including phenoxy) is 1. The minimum absolute atomic E-state index is 0.00116. The fourth-order valence-electron chi connectivity index (χ4n) is 0.762. The summed E-state index contributed by atoms with van der Waals surface area (Å²) in [6.07, 6.45) is 0. The van der Waals surface area contributed by atoms with Gasteiger partial charge in [0.15, 0.2) is 17.0 Å². The third-order valence-corrected chi connectivity index (χ3v) is 2.11. The number of nitriles is 1. The van der Waals surface area contributed by atoms with Crippen LogP contribution in [0.1, 0.15) is 12.7 Å². The van der Waals surface area contributed by atoms with Crippen LogP contribution in [0.15, 0.2) is 0 Å². The average Bonchev–Trinajstić information content (AvgIpc) is 2.40. The SMILES string of the molecule is CC(=O)OCn1c(C#N)nc(Cl)c1Cl. The molecule has 74 valence electrons. The van der Waals surface area contributed by atoms with Gasteiger partial charge in [-0.05, 0) is 0 Å². The highest BCUT2D eigenvalue weighted by Crippen LogP contribution is 2.22. The lowest BCUT2D eigenvalue weighted by atomic mass is 10.7. The van der Waals surface area contributed by atoms with Gasteiger partial charge in [-0.1, -0.05) is 23.2 Å². The Kier molecular flexibility index (Phi) is 3.33. The molecular formula is C7H5Cl2N3O2. The number of halogens is 2. The molecular weight excluding hydrogens is 229 g/mol. The summed E-state index contributed by atoms with van der Waals surface area (Å²) in [7, 11) is 0. The second-order valence-corrected chi connectivity index (χ2v) is 3.04. The maximum Gasteiger partial charge on any atom is 0.304 e. The maximum absolute atomic E-state index is 10.5. The molecule has 0 radical (unpaired) electrons. The van der Waals surface area contributed by atoms with Crippen molar-refractivity contribution in [2.24, 2.45) is 0 Å². The Morgan fingerprint density at radius 1 is 1.71 bits per heavy atom. The molecule has 0 fully saturated rings. The number of esters is 1. The second kappa shape index (κ2) is 4.31. The minimum atomic E-state index is -0.477. The minimum Gasteiger partial charge on any atom is -0.444 e. The van der Waals surface area contributed by atoms with E-state index >= 15 is 0 Å². The van der Waals surface area contributed by atoms with Crippen molar-refractivity contribution in [3.05, 3.63) is 16.1 Å².